The summed E-state index contributed by atoms with van der Waals surface area (Å²) in [6.07, 6.45) is 0. The van der Waals surface area contributed by atoms with Gasteiger partial charge in [-0.3, -0.25) is 13.8 Å². The van der Waals surface area contributed by atoms with Crippen LogP contribution in [0.1, 0.15) is 0 Å². The predicted molar refractivity (Wildman–Crippen MR) is 153 cm³/mol. The zero-order chi connectivity index (χ0) is 29.6. The molecule has 0 aliphatic heterocycles. The first-order chi connectivity index (χ1) is 19.5. The average molecular weight is 600 g/mol. The number of carbonyl (C=O) groups is 1. The van der Waals surface area contributed by atoms with E-state index in [4.69, 9.17) is 9.47 Å². The predicted octanol–water partition coefficient (Wildman–Crippen LogP) is 4.48. The Labute approximate surface area is 237 Å². The minimum absolute atomic E-state index is 0.0509. The van der Waals surface area contributed by atoms with Crippen LogP contribution in [0, 0.1) is 5.82 Å². The van der Waals surface area contributed by atoms with E-state index in [1.807, 2.05) is 0 Å². The van der Waals surface area contributed by atoms with E-state index in [0.717, 1.165) is 28.6 Å². The van der Waals surface area contributed by atoms with Crippen molar-refractivity contribution in [3.05, 3.63) is 103 Å². The maximum atomic E-state index is 13.4. The number of hydrogen-bond acceptors (Lipinski definition) is 7. The SMILES string of the molecule is COc1ccc(NS(=O)(=O)c2ccc(NC(=O)CN(c3ccc(OC)cc3)S(=O)(=O)c3ccc(F)cc3)cc2)cc1. The van der Waals surface area contributed by atoms with Crippen LogP contribution >= 0.6 is 0 Å². The fourth-order valence-electron chi connectivity index (χ4n) is 3.72. The van der Waals surface area contributed by atoms with E-state index in [-0.39, 0.29) is 21.2 Å². The number of rotatable bonds is 11. The lowest BCUT2D eigenvalue weighted by Crippen LogP contribution is -2.38. The van der Waals surface area contributed by atoms with Crippen molar-refractivity contribution >= 4 is 43.0 Å². The quantitative estimate of drug-likeness (QED) is 0.260. The number of anilines is 3. The number of nitrogens with zero attached hydrogens (tertiary/aromatic N) is 1. The van der Waals surface area contributed by atoms with Crippen LogP contribution < -0.4 is 23.8 Å². The molecule has 2 N–H and O–H groups in total. The Bertz CT molecular complexity index is 1710. The molecule has 0 saturated carbocycles. The van der Waals surface area contributed by atoms with Gasteiger partial charge in [-0.2, -0.15) is 0 Å². The number of hydrogen-bond donors (Lipinski definition) is 2. The minimum Gasteiger partial charge on any atom is -0.497 e. The van der Waals surface area contributed by atoms with Gasteiger partial charge in [0.15, 0.2) is 0 Å². The van der Waals surface area contributed by atoms with Gasteiger partial charge in [0.2, 0.25) is 5.91 Å². The third-order valence-corrected chi connectivity index (χ3v) is 9.03. The molecule has 0 radical (unpaired) electrons. The third kappa shape index (κ3) is 7.13. The maximum Gasteiger partial charge on any atom is 0.264 e. The number of ether oxygens (including phenoxy) is 2. The smallest absolute Gasteiger partial charge is 0.264 e. The molecule has 0 spiro atoms. The molecule has 0 aliphatic rings. The van der Waals surface area contributed by atoms with Gasteiger partial charge in [-0.05, 0) is 97.1 Å². The number of sulfonamides is 2. The lowest BCUT2D eigenvalue weighted by Gasteiger charge is -2.24. The van der Waals surface area contributed by atoms with E-state index in [2.05, 4.69) is 10.0 Å². The van der Waals surface area contributed by atoms with Gasteiger partial charge in [0, 0.05) is 11.4 Å². The highest BCUT2D eigenvalue weighted by atomic mass is 32.2. The molecule has 0 aromatic heterocycles. The summed E-state index contributed by atoms with van der Waals surface area (Å²) < 4.78 is 79.4. The molecule has 0 bridgehead atoms. The van der Waals surface area contributed by atoms with Gasteiger partial charge in [-0.25, -0.2) is 21.2 Å². The van der Waals surface area contributed by atoms with Crippen molar-refractivity contribution in [3.8, 4) is 11.5 Å². The van der Waals surface area contributed by atoms with Crippen molar-refractivity contribution in [2.24, 2.45) is 0 Å². The van der Waals surface area contributed by atoms with Crippen LogP contribution in [0.2, 0.25) is 0 Å². The molecule has 214 valence electrons. The largest absolute Gasteiger partial charge is 0.497 e. The molecule has 0 fully saturated rings. The molecule has 41 heavy (non-hydrogen) atoms. The lowest BCUT2D eigenvalue weighted by molar-refractivity contribution is -0.114. The lowest BCUT2D eigenvalue weighted by atomic mass is 10.3. The van der Waals surface area contributed by atoms with E-state index in [9.17, 15) is 26.0 Å². The van der Waals surface area contributed by atoms with Crippen molar-refractivity contribution in [3.63, 3.8) is 0 Å². The summed E-state index contributed by atoms with van der Waals surface area (Å²) in [6.45, 7) is -0.620. The highest BCUT2D eigenvalue weighted by molar-refractivity contribution is 7.93. The molecule has 0 saturated heterocycles. The fourth-order valence-corrected chi connectivity index (χ4v) is 6.20. The molecule has 4 rings (SSSR count). The topological polar surface area (TPSA) is 131 Å². The van der Waals surface area contributed by atoms with Crippen molar-refractivity contribution in [2.75, 3.05) is 35.1 Å². The molecule has 4 aromatic rings. The summed E-state index contributed by atoms with van der Waals surface area (Å²) in [7, 11) is -5.23. The Kier molecular flexibility index (Phi) is 8.79. The van der Waals surface area contributed by atoms with Crippen molar-refractivity contribution < 1.29 is 35.5 Å². The summed E-state index contributed by atoms with van der Waals surface area (Å²) in [6, 6.07) is 22.0. The number of carbonyl (C=O) groups excluding carboxylic acids is 1. The number of amides is 1. The standard InChI is InChI=1S/C28H26FN3O7S2/c1-38-24-11-5-22(6-12-24)31-40(34,35)26-17-7-21(8-18-26)30-28(33)19-32(23-9-13-25(39-2)14-10-23)41(36,37)27-15-3-20(29)4-16-27/h3-18,31H,19H2,1-2H3,(H,30,33). The van der Waals surface area contributed by atoms with Crippen LogP contribution in [0.25, 0.3) is 0 Å². The Morgan fingerprint density at radius 3 is 1.73 bits per heavy atom. The van der Waals surface area contributed by atoms with Gasteiger partial charge >= 0.3 is 0 Å². The van der Waals surface area contributed by atoms with Crippen molar-refractivity contribution in [1.29, 1.82) is 0 Å². The zero-order valence-electron chi connectivity index (χ0n) is 21.9. The van der Waals surface area contributed by atoms with Gasteiger partial charge in [0.1, 0.15) is 23.9 Å². The second-order valence-corrected chi connectivity index (χ2v) is 12.1. The van der Waals surface area contributed by atoms with E-state index in [1.165, 1.54) is 50.6 Å². The Hall–Kier alpha value is -4.62. The van der Waals surface area contributed by atoms with Crippen LogP contribution in [0.5, 0.6) is 11.5 Å². The second-order valence-electron chi connectivity index (χ2n) is 8.57. The van der Waals surface area contributed by atoms with Crippen LogP contribution in [0.15, 0.2) is 107 Å². The first kappa shape index (κ1) is 29.4. The number of halogens is 1. The molecule has 0 heterocycles. The van der Waals surface area contributed by atoms with E-state index < -0.39 is 38.3 Å². The zero-order valence-corrected chi connectivity index (χ0v) is 23.6. The normalized spacial score (nSPS) is 11.4. The number of nitrogens with one attached hydrogen (secondary N) is 2. The van der Waals surface area contributed by atoms with E-state index in [1.54, 1.807) is 36.4 Å². The average Bonchev–Trinajstić information content (AvgIpc) is 2.96. The molecule has 10 nitrogen and oxygen atoms in total. The van der Waals surface area contributed by atoms with Crippen LogP contribution in [-0.2, 0) is 24.8 Å². The summed E-state index contributed by atoms with van der Waals surface area (Å²) in [5.74, 6) is -0.251. The van der Waals surface area contributed by atoms with Gasteiger partial charge in [-0.15, -0.1) is 0 Å². The molecule has 0 atom stereocenters. The second kappa shape index (κ2) is 12.3. The molecule has 13 heteroatoms. The molecule has 0 unspecified atom stereocenters. The van der Waals surface area contributed by atoms with Gasteiger partial charge in [0.25, 0.3) is 20.0 Å². The van der Waals surface area contributed by atoms with Gasteiger partial charge in [-0.1, -0.05) is 0 Å². The van der Waals surface area contributed by atoms with Gasteiger partial charge in [0.05, 0.1) is 29.7 Å². The number of benzene rings is 4. The summed E-state index contributed by atoms with van der Waals surface area (Å²) in [5.41, 5.74) is 0.757. The molecular weight excluding hydrogens is 573 g/mol. The summed E-state index contributed by atoms with van der Waals surface area (Å²) in [4.78, 5) is 12.7. The van der Waals surface area contributed by atoms with E-state index in [0.29, 0.717) is 17.2 Å². The van der Waals surface area contributed by atoms with Crippen LogP contribution in [-0.4, -0.2) is 43.5 Å². The molecular formula is C28H26FN3O7S2. The highest BCUT2D eigenvalue weighted by Gasteiger charge is 2.27. The number of methoxy groups -OCH3 is 2. The first-order valence-electron chi connectivity index (χ1n) is 12.0. The first-order valence-corrected chi connectivity index (χ1v) is 14.9. The molecule has 0 aliphatic carbocycles. The molecule has 1 amide bonds. The summed E-state index contributed by atoms with van der Waals surface area (Å²) >= 11 is 0. The van der Waals surface area contributed by atoms with E-state index >= 15 is 0 Å². The third-order valence-electron chi connectivity index (χ3n) is 5.84. The maximum absolute atomic E-state index is 13.4. The van der Waals surface area contributed by atoms with Crippen molar-refractivity contribution in [1.82, 2.24) is 0 Å². The van der Waals surface area contributed by atoms with Crippen molar-refractivity contribution in [2.45, 2.75) is 9.79 Å². The summed E-state index contributed by atoms with van der Waals surface area (Å²) in [5, 5.41) is 2.58. The Balaban J connectivity index is 1.51. The molecule has 4 aromatic carbocycles. The monoisotopic (exact) mass is 599 g/mol. The van der Waals surface area contributed by atoms with Crippen LogP contribution in [0.4, 0.5) is 21.5 Å². The fraction of sp³-hybridized carbons (Fsp3) is 0.107. The Morgan fingerprint density at radius 1 is 0.707 bits per heavy atom. The van der Waals surface area contributed by atoms with Crippen LogP contribution in [0.3, 0.4) is 0 Å². The highest BCUT2D eigenvalue weighted by Crippen LogP contribution is 2.26. The van der Waals surface area contributed by atoms with Gasteiger partial charge < -0.3 is 14.8 Å². The Morgan fingerprint density at radius 2 is 1.20 bits per heavy atom. The minimum atomic E-state index is -4.27.